The lowest BCUT2D eigenvalue weighted by molar-refractivity contribution is -0.123. The number of rotatable bonds is 4. The van der Waals surface area contributed by atoms with Crippen LogP contribution in [0.5, 0.6) is 11.5 Å². The van der Waals surface area contributed by atoms with Crippen molar-refractivity contribution in [2.45, 2.75) is 25.7 Å². The quantitative estimate of drug-likeness (QED) is 0.253. The standard InChI is InChI=1S/C34H30Br2N2O7/c1-16-13-24(39)22-14-21-19(26(28(22)31(16)40)23-15-25(44-2)32(41)30(36)29(23)35)7-8-20-27(21)34(43)38(33(20)42)18-5-3-17(4-6-18)37-9-11-45-12-10-37/h3-7,13,15,20-21,26-27,41H,8-12,14H2,1-2H3. The maximum absolute atomic E-state index is 14.3. The summed E-state index contributed by atoms with van der Waals surface area (Å²) in [6.07, 6.45) is 3.85. The van der Waals surface area contributed by atoms with Gasteiger partial charge in [-0.2, -0.15) is 0 Å². The minimum absolute atomic E-state index is 0.110. The molecule has 45 heavy (non-hydrogen) atoms. The SMILES string of the molecule is COc1cc(C2C3=CCC4C(=O)N(c5ccc(N6CCOCC6)cc5)C(=O)C4C3CC3=C2C(=O)C(C)=CC3=O)c(Br)c(Br)c1O. The smallest absolute Gasteiger partial charge is 0.238 e. The lowest BCUT2D eigenvalue weighted by atomic mass is 9.59. The number of ketones is 2. The Morgan fingerprint density at radius 3 is 2.33 bits per heavy atom. The summed E-state index contributed by atoms with van der Waals surface area (Å²) in [7, 11) is 1.44. The number of aromatic hydroxyl groups is 1. The maximum atomic E-state index is 14.3. The first-order chi connectivity index (χ1) is 21.6. The Hall–Kier alpha value is -3.54. The number of methoxy groups -OCH3 is 1. The molecule has 9 nitrogen and oxygen atoms in total. The molecule has 4 unspecified atom stereocenters. The number of hydrogen-bond acceptors (Lipinski definition) is 8. The molecule has 4 atom stereocenters. The highest BCUT2D eigenvalue weighted by atomic mass is 79.9. The number of imide groups is 1. The zero-order valence-electron chi connectivity index (χ0n) is 24.6. The Labute approximate surface area is 276 Å². The number of phenols is 1. The van der Waals surface area contributed by atoms with Crippen LogP contribution in [0.1, 0.15) is 31.2 Å². The van der Waals surface area contributed by atoms with Crippen LogP contribution in [0.15, 0.2) is 73.7 Å². The van der Waals surface area contributed by atoms with Gasteiger partial charge in [0.25, 0.3) is 0 Å². The summed E-state index contributed by atoms with van der Waals surface area (Å²) in [6, 6.07) is 9.13. The van der Waals surface area contributed by atoms with Crippen molar-refractivity contribution in [1.82, 2.24) is 0 Å². The van der Waals surface area contributed by atoms with E-state index < -0.39 is 23.7 Å². The molecule has 0 radical (unpaired) electrons. The fourth-order valence-electron chi connectivity index (χ4n) is 7.58. The van der Waals surface area contributed by atoms with Crippen LogP contribution in [0, 0.1) is 17.8 Å². The lowest BCUT2D eigenvalue weighted by Crippen LogP contribution is -2.40. The number of anilines is 2. The van der Waals surface area contributed by atoms with Crippen molar-refractivity contribution < 1.29 is 33.8 Å². The number of Topliss-reactive ketones (excluding diaryl/α,β-unsaturated/α-hetero) is 1. The predicted octanol–water partition coefficient (Wildman–Crippen LogP) is 5.40. The van der Waals surface area contributed by atoms with Crippen molar-refractivity contribution in [1.29, 1.82) is 0 Å². The first kappa shape index (κ1) is 30.1. The molecule has 3 aliphatic carbocycles. The molecule has 11 heteroatoms. The number of hydrogen-bond donors (Lipinski definition) is 1. The summed E-state index contributed by atoms with van der Waals surface area (Å²) >= 11 is 7.04. The van der Waals surface area contributed by atoms with Crippen LogP contribution in [0.4, 0.5) is 11.4 Å². The molecule has 5 aliphatic rings. The normalized spacial score (nSPS) is 26.4. The van der Waals surface area contributed by atoms with Gasteiger partial charge in [-0.3, -0.25) is 24.1 Å². The Balaban J connectivity index is 1.30. The minimum atomic E-state index is -0.691. The van der Waals surface area contributed by atoms with Gasteiger partial charge in [-0.05, 0) is 99.5 Å². The molecule has 2 aliphatic heterocycles. The van der Waals surface area contributed by atoms with Gasteiger partial charge in [-0.25, -0.2) is 0 Å². The van der Waals surface area contributed by atoms with Crippen LogP contribution in [-0.2, 0) is 23.9 Å². The second-order valence-electron chi connectivity index (χ2n) is 12.0. The molecule has 2 aromatic rings. The third-order valence-corrected chi connectivity index (χ3v) is 11.9. The number of ether oxygens (including phenoxy) is 2. The molecule has 0 saturated carbocycles. The summed E-state index contributed by atoms with van der Waals surface area (Å²) in [5, 5.41) is 10.7. The zero-order valence-corrected chi connectivity index (χ0v) is 27.8. The van der Waals surface area contributed by atoms with E-state index in [1.54, 1.807) is 13.0 Å². The highest BCUT2D eigenvalue weighted by Crippen LogP contribution is 2.57. The molecule has 2 fully saturated rings. The van der Waals surface area contributed by atoms with Crippen molar-refractivity contribution in [2.75, 3.05) is 43.2 Å². The molecule has 2 heterocycles. The zero-order chi connectivity index (χ0) is 31.7. The Morgan fingerprint density at radius 2 is 1.64 bits per heavy atom. The molecule has 2 saturated heterocycles. The summed E-state index contributed by atoms with van der Waals surface area (Å²) in [4.78, 5) is 58.9. The number of amides is 2. The van der Waals surface area contributed by atoms with Gasteiger partial charge in [0.1, 0.15) is 0 Å². The van der Waals surface area contributed by atoms with Crippen LogP contribution in [0.3, 0.4) is 0 Å². The van der Waals surface area contributed by atoms with Gasteiger partial charge in [0.05, 0.1) is 42.3 Å². The number of halogens is 2. The van der Waals surface area contributed by atoms with E-state index >= 15 is 0 Å². The van der Waals surface area contributed by atoms with Gasteiger partial charge in [-0.1, -0.05) is 11.6 Å². The number of allylic oxidation sites excluding steroid dienone is 6. The van der Waals surface area contributed by atoms with Gasteiger partial charge >= 0.3 is 0 Å². The highest BCUT2D eigenvalue weighted by Gasteiger charge is 2.57. The summed E-state index contributed by atoms with van der Waals surface area (Å²) in [6.45, 7) is 4.48. The molecule has 2 amide bonds. The average Bonchev–Trinajstić information content (AvgIpc) is 3.31. The molecule has 1 N–H and O–H groups in total. The highest BCUT2D eigenvalue weighted by molar-refractivity contribution is 9.13. The molecule has 2 aromatic carbocycles. The Kier molecular flexibility index (Phi) is 7.61. The third-order valence-electron chi connectivity index (χ3n) is 9.75. The largest absolute Gasteiger partial charge is 0.503 e. The number of phenolic OH excluding ortho intramolecular Hbond substituents is 1. The summed E-state index contributed by atoms with van der Waals surface area (Å²) in [5.74, 6) is -3.40. The van der Waals surface area contributed by atoms with E-state index in [0.29, 0.717) is 56.6 Å². The van der Waals surface area contributed by atoms with Gasteiger partial charge in [0, 0.05) is 45.9 Å². The summed E-state index contributed by atoms with van der Waals surface area (Å²) < 4.78 is 11.8. The Morgan fingerprint density at radius 1 is 0.956 bits per heavy atom. The number of morpholine rings is 1. The minimum Gasteiger partial charge on any atom is -0.503 e. The predicted molar refractivity (Wildman–Crippen MR) is 173 cm³/mol. The van der Waals surface area contributed by atoms with E-state index in [1.165, 1.54) is 18.1 Å². The third kappa shape index (κ3) is 4.65. The molecule has 0 bridgehead atoms. The molecular weight excluding hydrogens is 708 g/mol. The van der Waals surface area contributed by atoms with E-state index in [1.807, 2.05) is 30.3 Å². The molecule has 7 rings (SSSR count). The van der Waals surface area contributed by atoms with Gasteiger partial charge in [0.2, 0.25) is 11.8 Å². The topological polar surface area (TPSA) is 113 Å². The van der Waals surface area contributed by atoms with E-state index in [9.17, 15) is 24.3 Å². The van der Waals surface area contributed by atoms with Crippen molar-refractivity contribution in [3.63, 3.8) is 0 Å². The van der Waals surface area contributed by atoms with Crippen LogP contribution in [-0.4, -0.2) is 61.9 Å². The molecular formula is C34H30Br2N2O7. The van der Waals surface area contributed by atoms with E-state index in [2.05, 4.69) is 36.8 Å². The second-order valence-corrected chi connectivity index (χ2v) is 13.6. The van der Waals surface area contributed by atoms with Crippen LogP contribution in [0.25, 0.3) is 0 Å². The van der Waals surface area contributed by atoms with E-state index in [0.717, 1.165) is 24.4 Å². The summed E-state index contributed by atoms with van der Waals surface area (Å²) in [5.41, 5.74) is 4.02. The van der Waals surface area contributed by atoms with Gasteiger partial charge < -0.3 is 19.5 Å². The van der Waals surface area contributed by atoms with Gasteiger partial charge in [-0.15, -0.1) is 0 Å². The first-order valence-corrected chi connectivity index (χ1v) is 16.5. The maximum Gasteiger partial charge on any atom is 0.238 e. The van der Waals surface area contributed by atoms with E-state index in [4.69, 9.17) is 9.47 Å². The van der Waals surface area contributed by atoms with Crippen LogP contribution >= 0.6 is 31.9 Å². The fourth-order valence-corrected chi connectivity index (χ4v) is 8.54. The first-order valence-electron chi connectivity index (χ1n) is 14.9. The average molecular weight is 738 g/mol. The van der Waals surface area contributed by atoms with E-state index in [-0.39, 0.29) is 41.3 Å². The lowest BCUT2D eigenvalue weighted by Gasteiger charge is -2.42. The van der Waals surface area contributed by atoms with Gasteiger partial charge in [0.15, 0.2) is 23.1 Å². The van der Waals surface area contributed by atoms with Crippen molar-refractivity contribution >= 4 is 66.6 Å². The number of nitrogens with zero attached hydrogens (tertiary/aromatic N) is 2. The molecule has 0 aromatic heterocycles. The van der Waals surface area contributed by atoms with Crippen LogP contribution < -0.4 is 14.5 Å². The Bertz CT molecular complexity index is 1770. The van der Waals surface area contributed by atoms with Crippen molar-refractivity contribution in [3.8, 4) is 11.5 Å². The van der Waals surface area contributed by atoms with Crippen molar-refractivity contribution in [3.05, 3.63) is 79.3 Å². The second kappa shape index (κ2) is 11.4. The monoisotopic (exact) mass is 736 g/mol. The van der Waals surface area contributed by atoms with Crippen molar-refractivity contribution in [2.24, 2.45) is 17.8 Å². The number of fused-ring (bicyclic) bond motifs is 3. The number of carbonyl (C=O) groups is 4. The molecule has 232 valence electrons. The number of carbonyl (C=O) groups excluding carboxylic acids is 4. The van der Waals surface area contributed by atoms with Crippen LogP contribution in [0.2, 0.25) is 0 Å². The number of benzene rings is 2. The fraction of sp³-hybridized carbons (Fsp3) is 0.353. The molecule has 0 spiro atoms.